The second kappa shape index (κ2) is 4.32. The molecule has 2 N–H and O–H groups in total. The Hall–Kier alpha value is -1.23. The van der Waals surface area contributed by atoms with Gasteiger partial charge in [-0.15, -0.1) is 11.3 Å². The van der Waals surface area contributed by atoms with Gasteiger partial charge in [-0.25, -0.2) is 4.79 Å². The fourth-order valence-electron chi connectivity index (χ4n) is 0.828. The quantitative estimate of drug-likeness (QED) is 0.770. The van der Waals surface area contributed by atoms with Gasteiger partial charge in [0.15, 0.2) is 5.75 Å². The monoisotopic (exact) mass is 215 g/mol. The molecule has 1 rings (SSSR count). The molecule has 78 valence electrons. The standard InChI is InChI=1S/C9H13NO3S/c1-5(2)12-9(11)13-7-4-14-6(3)8(7)10/h4-5H,10H2,1-3H3. The molecule has 0 aromatic carbocycles. The van der Waals surface area contributed by atoms with Crippen LogP contribution in [0.1, 0.15) is 18.7 Å². The highest BCUT2D eigenvalue weighted by molar-refractivity contribution is 7.10. The second-order valence-corrected chi connectivity index (χ2v) is 4.17. The predicted molar refractivity (Wildman–Crippen MR) is 55.7 cm³/mol. The number of nitrogen functional groups attached to an aromatic ring is 1. The maximum absolute atomic E-state index is 11.1. The lowest BCUT2D eigenvalue weighted by molar-refractivity contribution is 0.0732. The van der Waals surface area contributed by atoms with Crippen LogP contribution >= 0.6 is 11.3 Å². The maximum Gasteiger partial charge on any atom is 0.514 e. The highest BCUT2D eigenvalue weighted by atomic mass is 32.1. The van der Waals surface area contributed by atoms with E-state index < -0.39 is 6.16 Å². The van der Waals surface area contributed by atoms with Gasteiger partial charge in [-0.1, -0.05) is 0 Å². The van der Waals surface area contributed by atoms with E-state index in [1.54, 1.807) is 19.2 Å². The van der Waals surface area contributed by atoms with Crippen molar-refractivity contribution in [1.82, 2.24) is 0 Å². The van der Waals surface area contributed by atoms with Crippen LogP contribution in [0.25, 0.3) is 0 Å². The van der Waals surface area contributed by atoms with Crippen molar-refractivity contribution in [3.8, 4) is 5.75 Å². The zero-order chi connectivity index (χ0) is 10.7. The molecular weight excluding hydrogens is 202 g/mol. The van der Waals surface area contributed by atoms with Gasteiger partial charge in [0, 0.05) is 10.3 Å². The summed E-state index contributed by atoms with van der Waals surface area (Å²) in [7, 11) is 0. The molecule has 0 spiro atoms. The first-order valence-corrected chi connectivity index (χ1v) is 5.10. The van der Waals surface area contributed by atoms with E-state index in [-0.39, 0.29) is 6.10 Å². The van der Waals surface area contributed by atoms with Gasteiger partial charge in [0.2, 0.25) is 0 Å². The molecule has 0 fully saturated rings. The summed E-state index contributed by atoms with van der Waals surface area (Å²) in [5, 5.41) is 1.69. The lowest BCUT2D eigenvalue weighted by atomic mass is 10.4. The van der Waals surface area contributed by atoms with Gasteiger partial charge in [-0.2, -0.15) is 0 Å². The number of thiophene rings is 1. The predicted octanol–water partition coefficient (Wildman–Crippen LogP) is 2.56. The SMILES string of the molecule is Cc1scc(OC(=O)OC(C)C)c1N. The third-order valence-corrected chi connectivity index (χ3v) is 2.42. The van der Waals surface area contributed by atoms with Crippen LogP contribution in [-0.2, 0) is 4.74 Å². The van der Waals surface area contributed by atoms with E-state index in [0.717, 1.165) is 4.88 Å². The molecule has 0 bridgehead atoms. The number of ether oxygens (including phenoxy) is 2. The van der Waals surface area contributed by atoms with E-state index in [4.69, 9.17) is 15.2 Å². The minimum atomic E-state index is -0.718. The van der Waals surface area contributed by atoms with Crippen LogP contribution in [-0.4, -0.2) is 12.3 Å². The highest BCUT2D eigenvalue weighted by Crippen LogP contribution is 2.31. The molecule has 1 aromatic heterocycles. The average Bonchev–Trinajstić information content (AvgIpc) is 2.34. The summed E-state index contributed by atoms with van der Waals surface area (Å²) in [5.41, 5.74) is 6.16. The third kappa shape index (κ3) is 2.63. The Balaban J connectivity index is 2.61. The smallest absolute Gasteiger partial charge is 0.431 e. The number of carbonyl (C=O) groups excluding carboxylic acids is 1. The number of anilines is 1. The molecule has 14 heavy (non-hydrogen) atoms. The summed E-state index contributed by atoms with van der Waals surface area (Å²) in [5.74, 6) is 0.373. The summed E-state index contributed by atoms with van der Waals surface area (Å²) >= 11 is 1.43. The molecular formula is C9H13NO3S. The highest BCUT2D eigenvalue weighted by Gasteiger charge is 2.12. The van der Waals surface area contributed by atoms with Gasteiger partial charge in [-0.05, 0) is 20.8 Å². The first-order chi connectivity index (χ1) is 6.50. The van der Waals surface area contributed by atoms with Crippen LogP contribution in [0.5, 0.6) is 5.75 Å². The number of nitrogens with two attached hydrogens (primary N) is 1. The molecule has 0 aliphatic carbocycles. The molecule has 0 atom stereocenters. The molecule has 0 aliphatic heterocycles. The van der Waals surface area contributed by atoms with E-state index in [2.05, 4.69) is 0 Å². The lowest BCUT2D eigenvalue weighted by Gasteiger charge is -2.07. The molecule has 0 radical (unpaired) electrons. The molecule has 0 amide bonds. The van der Waals surface area contributed by atoms with Crippen LogP contribution < -0.4 is 10.5 Å². The maximum atomic E-state index is 11.1. The molecule has 0 saturated heterocycles. The van der Waals surface area contributed by atoms with Crippen LogP contribution in [0.2, 0.25) is 0 Å². The molecule has 1 heterocycles. The molecule has 0 saturated carbocycles. The first-order valence-electron chi connectivity index (χ1n) is 4.22. The summed E-state index contributed by atoms with van der Waals surface area (Å²) in [4.78, 5) is 12.0. The Bertz CT molecular complexity index is 333. The van der Waals surface area contributed by atoms with Gasteiger partial charge in [-0.3, -0.25) is 0 Å². The van der Waals surface area contributed by atoms with Gasteiger partial charge in [0.25, 0.3) is 0 Å². The molecule has 4 nitrogen and oxygen atoms in total. The Labute approximate surface area is 86.6 Å². The van der Waals surface area contributed by atoms with Crippen LogP contribution in [0, 0.1) is 6.92 Å². The fourth-order valence-corrected chi connectivity index (χ4v) is 1.51. The van der Waals surface area contributed by atoms with Gasteiger partial charge < -0.3 is 15.2 Å². The number of aryl methyl sites for hydroxylation is 1. The van der Waals surface area contributed by atoms with Crippen molar-refractivity contribution >= 4 is 23.2 Å². The van der Waals surface area contributed by atoms with Crippen molar-refractivity contribution in [3.05, 3.63) is 10.3 Å². The zero-order valence-corrected chi connectivity index (χ0v) is 9.18. The van der Waals surface area contributed by atoms with E-state index in [1.165, 1.54) is 11.3 Å². The number of rotatable bonds is 2. The van der Waals surface area contributed by atoms with E-state index >= 15 is 0 Å². The van der Waals surface area contributed by atoms with Crippen molar-refractivity contribution in [2.45, 2.75) is 26.9 Å². The first kappa shape index (κ1) is 10.8. The lowest BCUT2D eigenvalue weighted by Crippen LogP contribution is -2.15. The summed E-state index contributed by atoms with van der Waals surface area (Å²) in [6, 6.07) is 0. The Morgan fingerprint density at radius 1 is 1.57 bits per heavy atom. The molecule has 1 aromatic rings. The van der Waals surface area contributed by atoms with Gasteiger partial charge in [0.1, 0.15) is 0 Å². The number of hydrogen-bond donors (Lipinski definition) is 1. The largest absolute Gasteiger partial charge is 0.514 e. The fraction of sp³-hybridized carbons (Fsp3) is 0.444. The minimum absolute atomic E-state index is 0.191. The Kier molecular flexibility index (Phi) is 3.35. The average molecular weight is 215 g/mol. The van der Waals surface area contributed by atoms with Crippen LogP contribution in [0.3, 0.4) is 0 Å². The number of hydrogen-bond acceptors (Lipinski definition) is 5. The molecule has 0 unspecified atom stereocenters. The second-order valence-electron chi connectivity index (χ2n) is 3.09. The van der Waals surface area contributed by atoms with E-state index in [1.807, 2.05) is 6.92 Å². The van der Waals surface area contributed by atoms with Gasteiger partial charge in [0.05, 0.1) is 11.8 Å². The van der Waals surface area contributed by atoms with Gasteiger partial charge >= 0.3 is 6.16 Å². The van der Waals surface area contributed by atoms with Crippen molar-refractivity contribution in [2.75, 3.05) is 5.73 Å². The van der Waals surface area contributed by atoms with Crippen LogP contribution in [0.15, 0.2) is 5.38 Å². The topological polar surface area (TPSA) is 61.5 Å². The Morgan fingerprint density at radius 3 is 2.64 bits per heavy atom. The van der Waals surface area contributed by atoms with E-state index in [9.17, 15) is 4.79 Å². The third-order valence-electron chi connectivity index (χ3n) is 1.51. The van der Waals surface area contributed by atoms with Crippen LogP contribution in [0.4, 0.5) is 10.5 Å². The summed E-state index contributed by atoms with van der Waals surface area (Å²) < 4.78 is 9.71. The minimum Gasteiger partial charge on any atom is -0.431 e. The van der Waals surface area contributed by atoms with Crippen molar-refractivity contribution in [1.29, 1.82) is 0 Å². The van der Waals surface area contributed by atoms with Crippen molar-refractivity contribution in [3.63, 3.8) is 0 Å². The zero-order valence-electron chi connectivity index (χ0n) is 8.37. The summed E-state index contributed by atoms with van der Waals surface area (Å²) in [6.07, 6.45) is -0.909. The number of carbonyl (C=O) groups is 1. The van der Waals surface area contributed by atoms with Crippen molar-refractivity contribution in [2.24, 2.45) is 0 Å². The normalized spacial score (nSPS) is 10.3. The Morgan fingerprint density at radius 2 is 2.21 bits per heavy atom. The molecule has 5 heteroatoms. The van der Waals surface area contributed by atoms with Crippen molar-refractivity contribution < 1.29 is 14.3 Å². The van der Waals surface area contributed by atoms with E-state index in [0.29, 0.717) is 11.4 Å². The summed E-state index contributed by atoms with van der Waals surface area (Å²) in [6.45, 7) is 5.37. The molecule has 0 aliphatic rings.